The SMILES string of the molecule is CC/C=C\C/C=C\C/C=C\C/C=C\C/C=C\C/C=C\CCC(=O)OC[C@H](COP(=O)(O)OC[C@@H](O)CO)OC(=O)CCCCCCCCC/C=C\C/C=C\CCCCC. The fourth-order valence-corrected chi connectivity index (χ4v) is 6.13. The van der Waals surface area contributed by atoms with Crippen LogP contribution in [0.15, 0.2) is 97.2 Å². The molecule has 0 radical (unpaired) electrons. The number of phosphoric ester groups is 1. The highest BCUT2D eigenvalue weighted by molar-refractivity contribution is 7.47. The zero-order chi connectivity index (χ0) is 43.3. The highest BCUT2D eigenvalue weighted by atomic mass is 31.2. The lowest BCUT2D eigenvalue weighted by Gasteiger charge is -2.20. The second-order valence-electron chi connectivity index (χ2n) is 14.3. The van der Waals surface area contributed by atoms with Crippen molar-refractivity contribution in [2.75, 3.05) is 26.4 Å². The van der Waals surface area contributed by atoms with Crippen LogP contribution in [-0.2, 0) is 32.7 Å². The van der Waals surface area contributed by atoms with Gasteiger partial charge in [-0.15, -0.1) is 0 Å². The van der Waals surface area contributed by atoms with Gasteiger partial charge in [0.15, 0.2) is 6.10 Å². The van der Waals surface area contributed by atoms with Crippen LogP contribution < -0.4 is 0 Å². The summed E-state index contributed by atoms with van der Waals surface area (Å²) >= 11 is 0. The first-order valence-electron chi connectivity index (χ1n) is 22.2. The Morgan fingerprint density at radius 1 is 0.525 bits per heavy atom. The first-order valence-corrected chi connectivity index (χ1v) is 23.7. The van der Waals surface area contributed by atoms with Gasteiger partial charge in [0.1, 0.15) is 12.7 Å². The third-order valence-electron chi connectivity index (χ3n) is 8.74. The number of carbonyl (C=O) groups is 2. The minimum absolute atomic E-state index is 0.109. The predicted molar refractivity (Wildman–Crippen MR) is 242 cm³/mol. The van der Waals surface area contributed by atoms with Crippen LogP contribution >= 0.6 is 7.82 Å². The maximum Gasteiger partial charge on any atom is 0.472 e. The van der Waals surface area contributed by atoms with Crippen LogP contribution in [0.1, 0.15) is 155 Å². The monoisotopic (exact) mass is 847 g/mol. The summed E-state index contributed by atoms with van der Waals surface area (Å²) in [6, 6.07) is 0. The maximum absolute atomic E-state index is 12.6. The summed E-state index contributed by atoms with van der Waals surface area (Å²) in [5, 5.41) is 18.3. The van der Waals surface area contributed by atoms with E-state index in [1.807, 2.05) is 12.2 Å². The molecule has 0 amide bonds. The number of ether oxygens (including phenoxy) is 2. The second kappa shape index (κ2) is 43.0. The molecule has 0 aliphatic carbocycles. The standard InChI is InChI=1S/C48H79O10P/c1-3-5-7-9-11-13-15-17-19-21-22-24-25-27-29-31-33-35-37-39-47(51)55-43-46(44-57-59(53,54)56-42-45(50)41-49)58-48(52)40-38-36-34-32-30-28-26-23-20-18-16-14-12-10-8-6-4-2/h5,7,11-14,17-20,22,24,27,29,33,35,45-46,49-50H,3-4,6,8-10,15-16,21,23,25-26,28,30-32,34,36-44H2,1-2H3,(H,53,54)/b7-5-,13-11-,14-12-,19-17-,20-18-,24-22-,29-27-,35-33-/t45-,46+/m0/s1. The van der Waals surface area contributed by atoms with Crippen molar-refractivity contribution in [3.8, 4) is 0 Å². The number of unbranched alkanes of at least 4 members (excludes halogenated alkanes) is 10. The minimum atomic E-state index is -4.64. The summed E-state index contributed by atoms with van der Waals surface area (Å²) in [5.41, 5.74) is 0. The van der Waals surface area contributed by atoms with E-state index in [9.17, 15) is 24.2 Å². The number of phosphoric acid groups is 1. The third kappa shape index (κ3) is 42.8. The van der Waals surface area contributed by atoms with Crippen LogP contribution in [0.3, 0.4) is 0 Å². The number of rotatable bonds is 40. The minimum Gasteiger partial charge on any atom is -0.462 e. The van der Waals surface area contributed by atoms with Crippen molar-refractivity contribution in [2.24, 2.45) is 0 Å². The van der Waals surface area contributed by atoms with Crippen molar-refractivity contribution in [3.63, 3.8) is 0 Å². The third-order valence-corrected chi connectivity index (χ3v) is 9.69. The first-order chi connectivity index (χ1) is 28.7. The summed E-state index contributed by atoms with van der Waals surface area (Å²) in [6.07, 6.45) is 52.4. The molecule has 59 heavy (non-hydrogen) atoms. The fourth-order valence-electron chi connectivity index (χ4n) is 5.34. The van der Waals surface area contributed by atoms with Gasteiger partial charge in [-0.1, -0.05) is 156 Å². The summed E-state index contributed by atoms with van der Waals surface area (Å²) < 4.78 is 32.6. The van der Waals surface area contributed by atoms with Gasteiger partial charge in [0, 0.05) is 12.8 Å². The Morgan fingerprint density at radius 2 is 0.966 bits per heavy atom. The molecule has 3 atom stereocenters. The molecule has 0 aromatic heterocycles. The normalized spacial score (nSPS) is 14.7. The van der Waals surface area contributed by atoms with Crippen LogP contribution in [0.2, 0.25) is 0 Å². The Hall–Kier alpha value is -3.11. The van der Waals surface area contributed by atoms with E-state index in [0.29, 0.717) is 12.8 Å². The van der Waals surface area contributed by atoms with Gasteiger partial charge < -0.3 is 24.6 Å². The topological polar surface area (TPSA) is 149 Å². The van der Waals surface area contributed by atoms with Crippen molar-refractivity contribution in [2.45, 2.75) is 167 Å². The van der Waals surface area contributed by atoms with Crippen molar-refractivity contribution < 1.29 is 47.8 Å². The van der Waals surface area contributed by atoms with E-state index in [-0.39, 0.29) is 19.4 Å². The number of aliphatic hydroxyl groups excluding tert-OH is 2. The zero-order valence-electron chi connectivity index (χ0n) is 36.4. The molecule has 0 saturated carbocycles. The molecule has 0 aliphatic heterocycles. The number of allylic oxidation sites excluding steroid dienone is 16. The van der Waals surface area contributed by atoms with Gasteiger partial charge in [-0.3, -0.25) is 18.6 Å². The van der Waals surface area contributed by atoms with Crippen LogP contribution in [0.25, 0.3) is 0 Å². The molecular weight excluding hydrogens is 767 g/mol. The smallest absolute Gasteiger partial charge is 0.462 e. The molecular formula is C48H79O10P. The lowest BCUT2D eigenvalue weighted by Crippen LogP contribution is -2.29. The molecule has 11 heteroatoms. The molecule has 0 bridgehead atoms. The fraction of sp³-hybridized carbons (Fsp3) is 0.625. The maximum atomic E-state index is 12.6. The Labute approximate surface area is 357 Å². The Kier molecular flexibility index (Phi) is 40.7. The Morgan fingerprint density at radius 3 is 1.47 bits per heavy atom. The molecule has 1 unspecified atom stereocenters. The number of hydrogen-bond donors (Lipinski definition) is 3. The lowest BCUT2D eigenvalue weighted by molar-refractivity contribution is -0.161. The van der Waals surface area contributed by atoms with Crippen LogP contribution in [0.5, 0.6) is 0 Å². The van der Waals surface area contributed by atoms with E-state index < -0.39 is 51.8 Å². The van der Waals surface area contributed by atoms with Gasteiger partial charge in [0.05, 0.1) is 19.8 Å². The Balaban J connectivity index is 4.44. The molecule has 10 nitrogen and oxygen atoms in total. The molecule has 0 saturated heterocycles. The summed E-state index contributed by atoms with van der Waals surface area (Å²) in [6.45, 7) is 2.13. The average molecular weight is 847 g/mol. The molecule has 336 valence electrons. The van der Waals surface area contributed by atoms with Crippen LogP contribution in [0.4, 0.5) is 0 Å². The summed E-state index contributed by atoms with van der Waals surface area (Å²) in [7, 11) is -4.64. The molecule has 0 fully saturated rings. The molecule has 0 aliphatic rings. The Bertz CT molecular complexity index is 1300. The highest BCUT2D eigenvalue weighted by Crippen LogP contribution is 2.43. The quantitative estimate of drug-likeness (QED) is 0.0235. The van der Waals surface area contributed by atoms with Gasteiger partial charge in [0.2, 0.25) is 0 Å². The van der Waals surface area contributed by atoms with Gasteiger partial charge in [-0.2, -0.15) is 0 Å². The molecule has 0 heterocycles. The second-order valence-corrected chi connectivity index (χ2v) is 15.8. The van der Waals surface area contributed by atoms with Crippen LogP contribution in [-0.4, -0.2) is 65.7 Å². The van der Waals surface area contributed by atoms with Gasteiger partial charge in [-0.25, -0.2) is 4.57 Å². The highest BCUT2D eigenvalue weighted by Gasteiger charge is 2.27. The van der Waals surface area contributed by atoms with Gasteiger partial charge in [-0.05, 0) is 83.5 Å². The van der Waals surface area contributed by atoms with Crippen molar-refractivity contribution in [3.05, 3.63) is 97.2 Å². The van der Waals surface area contributed by atoms with E-state index in [2.05, 4.69) is 103 Å². The number of carbonyl (C=O) groups excluding carboxylic acids is 2. The van der Waals surface area contributed by atoms with E-state index in [0.717, 1.165) is 77.0 Å². The number of esters is 2. The van der Waals surface area contributed by atoms with E-state index in [1.165, 1.54) is 38.5 Å². The molecule has 0 aromatic rings. The molecule has 0 spiro atoms. The molecule has 0 rings (SSSR count). The zero-order valence-corrected chi connectivity index (χ0v) is 37.3. The van der Waals surface area contributed by atoms with Crippen molar-refractivity contribution >= 4 is 19.8 Å². The van der Waals surface area contributed by atoms with Crippen molar-refractivity contribution in [1.82, 2.24) is 0 Å². The van der Waals surface area contributed by atoms with Crippen molar-refractivity contribution in [1.29, 1.82) is 0 Å². The largest absolute Gasteiger partial charge is 0.472 e. The predicted octanol–water partition coefficient (Wildman–Crippen LogP) is 12.0. The number of aliphatic hydroxyl groups is 2. The van der Waals surface area contributed by atoms with Gasteiger partial charge in [0.25, 0.3) is 0 Å². The van der Waals surface area contributed by atoms with E-state index >= 15 is 0 Å². The van der Waals surface area contributed by atoms with Crippen LogP contribution in [0, 0.1) is 0 Å². The summed E-state index contributed by atoms with van der Waals surface area (Å²) in [5.74, 6) is -1.04. The van der Waals surface area contributed by atoms with E-state index in [1.54, 1.807) is 0 Å². The lowest BCUT2D eigenvalue weighted by atomic mass is 10.1. The molecule has 3 N–H and O–H groups in total. The summed E-state index contributed by atoms with van der Waals surface area (Å²) in [4.78, 5) is 35.0. The number of hydrogen-bond acceptors (Lipinski definition) is 9. The van der Waals surface area contributed by atoms with E-state index in [4.69, 9.17) is 19.1 Å². The average Bonchev–Trinajstić information content (AvgIpc) is 3.22. The van der Waals surface area contributed by atoms with Gasteiger partial charge >= 0.3 is 19.8 Å². The molecule has 0 aromatic carbocycles. The first kappa shape index (κ1) is 55.9.